The Bertz CT molecular complexity index is 294. The van der Waals surface area contributed by atoms with Crippen LogP contribution in [0.5, 0.6) is 0 Å². The zero-order valence-electron chi connectivity index (χ0n) is 8.18. The lowest BCUT2D eigenvalue weighted by Gasteiger charge is -2.18. The first kappa shape index (κ1) is 13.1. The number of rotatable bonds is 5. The van der Waals surface area contributed by atoms with E-state index in [1.807, 2.05) is 0 Å². The normalized spacial score (nSPS) is 17.3. The van der Waals surface area contributed by atoms with Crippen LogP contribution in [0.1, 0.15) is 13.8 Å². The molecule has 1 atom stereocenters. The van der Waals surface area contributed by atoms with Crippen LogP contribution in [0.4, 0.5) is 0 Å². The summed E-state index contributed by atoms with van der Waals surface area (Å²) in [4.78, 5) is 0. The van der Waals surface area contributed by atoms with Crippen LogP contribution in [-0.2, 0) is 23.4 Å². The molecule has 0 rings (SSSR count). The third-order valence-electron chi connectivity index (χ3n) is 1.69. The van der Waals surface area contributed by atoms with Gasteiger partial charge in [0.1, 0.15) is 0 Å². The Morgan fingerprint density at radius 1 is 1.31 bits per heavy atom. The second-order valence-electron chi connectivity index (χ2n) is 2.86. The van der Waals surface area contributed by atoms with Gasteiger partial charge in [-0.3, -0.25) is 8.75 Å². The van der Waals surface area contributed by atoms with Gasteiger partial charge in [0.15, 0.2) is 5.49 Å². The summed E-state index contributed by atoms with van der Waals surface area (Å²) in [5, 5.41) is 0. The Morgan fingerprint density at radius 3 is 2.00 bits per heavy atom. The van der Waals surface area contributed by atoms with Crippen LogP contribution in [0.3, 0.4) is 0 Å². The van der Waals surface area contributed by atoms with Crippen molar-refractivity contribution in [2.75, 3.05) is 19.7 Å². The van der Waals surface area contributed by atoms with Crippen molar-refractivity contribution in [3.05, 3.63) is 0 Å². The molecule has 5 nitrogen and oxygen atoms in total. The summed E-state index contributed by atoms with van der Waals surface area (Å²) in [5.41, 5.74) is -0.896. The SMILES string of the molecule is COP(=O)(CS(=O)(=O)OC)C(C)C. The first-order chi connectivity index (χ1) is 5.77. The molecule has 0 saturated carbocycles. The van der Waals surface area contributed by atoms with Gasteiger partial charge in [0.2, 0.25) is 7.37 Å². The van der Waals surface area contributed by atoms with Gasteiger partial charge >= 0.3 is 0 Å². The summed E-state index contributed by atoms with van der Waals surface area (Å²) < 4.78 is 42.7. The minimum atomic E-state index is -3.72. The molecule has 0 aromatic rings. The minimum absolute atomic E-state index is 0.331. The Kier molecular flexibility index (Phi) is 4.59. The van der Waals surface area contributed by atoms with Gasteiger partial charge in [-0.05, 0) is 0 Å². The number of hydrogen-bond acceptors (Lipinski definition) is 5. The van der Waals surface area contributed by atoms with Gasteiger partial charge in [-0.25, -0.2) is 0 Å². The molecule has 80 valence electrons. The summed E-state index contributed by atoms with van der Waals surface area (Å²) in [7, 11) is -4.57. The van der Waals surface area contributed by atoms with Crippen molar-refractivity contribution in [3.8, 4) is 0 Å². The van der Waals surface area contributed by atoms with E-state index in [1.54, 1.807) is 13.8 Å². The molecular weight excluding hydrogens is 215 g/mol. The van der Waals surface area contributed by atoms with Crippen LogP contribution in [0.15, 0.2) is 0 Å². The zero-order valence-corrected chi connectivity index (χ0v) is 9.89. The Labute approximate surface area is 79.0 Å². The highest BCUT2D eigenvalue weighted by Crippen LogP contribution is 2.51. The van der Waals surface area contributed by atoms with Crippen molar-refractivity contribution in [1.29, 1.82) is 0 Å². The molecule has 0 aliphatic rings. The molecule has 0 spiro atoms. The third kappa shape index (κ3) is 3.77. The minimum Gasteiger partial charge on any atom is -0.331 e. The summed E-state index contributed by atoms with van der Waals surface area (Å²) in [6.45, 7) is 3.30. The molecule has 1 unspecified atom stereocenters. The lowest BCUT2D eigenvalue weighted by atomic mass is 10.6. The van der Waals surface area contributed by atoms with Crippen molar-refractivity contribution in [1.82, 2.24) is 0 Å². The highest BCUT2D eigenvalue weighted by Gasteiger charge is 2.32. The van der Waals surface area contributed by atoms with E-state index in [9.17, 15) is 13.0 Å². The maximum absolute atomic E-state index is 11.8. The van der Waals surface area contributed by atoms with Crippen LogP contribution >= 0.6 is 7.37 Å². The lowest BCUT2D eigenvalue weighted by Crippen LogP contribution is -2.14. The molecule has 0 fully saturated rings. The number of hydrogen-bond donors (Lipinski definition) is 0. The van der Waals surface area contributed by atoms with E-state index in [2.05, 4.69) is 4.18 Å². The molecular formula is C6H15O5PS. The average Bonchev–Trinajstić information content (AvgIpc) is 2.03. The summed E-state index contributed by atoms with van der Waals surface area (Å²) in [6, 6.07) is 0. The first-order valence-corrected chi connectivity index (χ1v) is 7.16. The summed E-state index contributed by atoms with van der Waals surface area (Å²) >= 11 is 0. The molecule has 0 aromatic carbocycles. The van der Waals surface area contributed by atoms with Gasteiger partial charge in [-0.1, -0.05) is 13.8 Å². The monoisotopic (exact) mass is 230 g/mol. The standard InChI is InChI=1S/C6H15O5PS/c1-6(2)12(7,10-3)5-13(8,9)11-4/h6H,5H2,1-4H3. The van der Waals surface area contributed by atoms with E-state index in [-0.39, 0.29) is 5.66 Å². The quantitative estimate of drug-likeness (QED) is 0.525. The van der Waals surface area contributed by atoms with Crippen LogP contribution in [0, 0.1) is 0 Å². The van der Waals surface area contributed by atoms with Gasteiger partial charge in [0.05, 0.1) is 7.11 Å². The highest BCUT2D eigenvalue weighted by atomic mass is 32.2. The topological polar surface area (TPSA) is 69.7 Å². The van der Waals surface area contributed by atoms with E-state index in [0.29, 0.717) is 0 Å². The van der Waals surface area contributed by atoms with Gasteiger partial charge < -0.3 is 4.52 Å². The van der Waals surface area contributed by atoms with Crippen LogP contribution < -0.4 is 0 Å². The first-order valence-electron chi connectivity index (χ1n) is 3.70. The Hall–Kier alpha value is 0.100. The summed E-state index contributed by atoms with van der Waals surface area (Å²) in [6.07, 6.45) is 0. The van der Waals surface area contributed by atoms with Crippen molar-refractivity contribution in [2.24, 2.45) is 0 Å². The van der Waals surface area contributed by atoms with Crippen LogP contribution in [0.25, 0.3) is 0 Å². The van der Waals surface area contributed by atoms with E-state index in [4.69, 9.17) is 4.52 Å². The molecule has 0 saturated heterocycles. The molecule has 13 heavy (non-hydrogen) atoms. The molecule has 0 aliphatic carbocycles. The van der Waals surface area contributed by atoms with E-state index < -0.39 is 23.0 Å². The maximum Gasteiger partial charge on any atom is 0.276 e. The van der Waals surface area contributed by atoms with Crippen molar-refractivity contribution < 1.29 is 21.7 Å². The fourth-order valence-corrected chi connectivity index (χ4v) is 4.91. The van der Waals surface area contributed by atoms with Gasteiger partial charge in [0.25, 0.3) is 10.1 Å². The Morgan fingerprint density at radius 2 is 1.77 bits per heavy atom. The highest BCUT2D eigenvalue weighted by molar-refractivity contribution is 7.94. The van der Waals surface area contributed by atoms with Crippen LogP contribution in [0.2, 0.25) is 0 Å². The summed E-state index contributed by atoms with van der Waals surface area (Å²) in [5.74, 6) is 0. The predicted octanol–water partition coefficient (Wildman–Crippen LogP) is 1.25. The molecule has 0 radical (unpaired) electrons. The van der Waals surface area contributed by atoms with Crippen molar-refractivity contribution >= 4 is 17.5 Å². The molecule has 0 aromatic heterocycles. The van der Waals surface area contributed by atoms with Gasteiger partial charge in [0, 0.05) is 12.8 Å². The molecule has 7 heteroatoms. The second kappa shape index (κ2) is 4.55. The molecule has 0 bridgehead atoms. The fourth-order valence-electron chi connectivity index (χ4n) is 0.686. The van der Waals surface area contributed by atoms with Crippen molar-refractivity contribution in [3.63, 3.8) is 0 Å². The van der Waals surface area contributed by atoms with E-state index in [0.717, 1.165) is 7.11 Å². The lowest BCUT2D eigenvalue weighted by molar-refractivity contribution is 0.379. The molecule has 0 aliphatic heterocycles. The van der Waals surface area contributed by atoms with E-state index >= 15 is 0 Å². The fraction of sp³-hybridized carbons (Fsp3) is 1.00. The molecule has 0 amide bonds. The average molecular weight is 230 g/mol. The van der Waals surface area contributed by atoms with Crippen LogP contribution in [-0.4, -0.2) is 33.8 Å². The van der Waals surface area contributed by atoms with Gasteiger partial charge in [-0.2, -0.15) is 8.42 Å². The predicted molar refractivity (Wildman–Crippen MR) is 50.5 cm³/mol. The van der Waals surface area contributed by atoms with Gasteiger partial charge in [-0.15, -0.1) is 0 Å². The third-order valence-corrected chi connectivity index (χ3v) is 7.09. The zero-order chi connectivity index (χ0) is 10.7. The molecule has 0 N–H and O–H groups in total. The van der Waals surface area contributed by atoms with E-state index in [1.165, 1.54) is 7.11 Å². The maximum atomic E-state index is 11.8. The largest absolute Gasteiger partial charge is 0.331 e. The second-order valence-corrected chi connectivity index (χ2v) is 8.19. The molecule has 0 heterocycles. The smallest absolute Gasteiger partial charge is 0.276 e. The van der Waals surface area contributed by atoms with Crippen molar-refractivity contribution in [2.45, 2.75) is 19.5 Å². The Balaban J connectivity index is 4.76.